The maximum Gasteiger partial charge on any atom is 0.534 e. The van der Waals surface area contributed by atoms with Gasteiger partial charge < -0.3 is 18.4 Å². The van der Waals surface area contributed by atoms with E-state index >= 15 is 0 Å². The number of carbonyl (C=O) groups excluding carboxylic acids is 3. The Hall–Kier alpha value is -2.93. The Bertz CT molecular complexity index is 1170. The summed E-state index contributed by atoms with van der Waals surface area (Å²) in [6, 6.07) is 1.46. The average Bonchev–Trinajstić information content (AvgIpc) is 3.02. The lowest BCUT2D eigenvalue weighted by molar-refractivity contribution is -0.140. The van der Waals surface area contributed by atoms with Gasteiger partial charge in [0.05, 0.1) is 30.8 Å². The van der Waals surface area contributed by atoms with Gasteiger partial charge in [-0.05, 0) is 13.0 Å². The predicted octanol–water partition coefficient (Wildman–Crippen LogP) is 1.70. The third kappa shape index (κ3) is 3.19. The Labute approximate surface area is 172 Å². The number of ketones is 2. The number of fused-ring (bicyclic) bond motifs is 3. The summed E-state index contributed by atoms with van der Waals surface area (Å²) < 4.78 is 80.6. The number of rotatable bonds is 3. The minimum absolute atomic E-state index is 0.0954. The van der Waals surface area contributed by atoms with Crippen LogP contribution < -0.4 is 8.92 Å². The molecular formula is C18H13F3O9S. The summed E-state index contributed by atoms with van der Waals surface area (Å²) in [4.78, 5) is 38.1. The van der Waals surface area contributed by atoms with Crippen molar-refractivity contribution >= 4 is 27.7 Å². The maximum atomic E-state index is 13.3. The molecule has 4 rings (SSSR count). The first-order chi connectivity index (χ1) is 14.4. The highest BCUT2D eigenvalue weighted by Gasteiger charge is 2.52. The molecule has 1 aromatic carbocycles. The standard InChI is InChI=1S/C18H13F3O9S/c1-6-12-14(17-10(28-6)5-11(22)29-17)16(24)13-8(15(12)23)3-7(4-9(13)27-2)30-31(25,26)18(19,20)21/h3-4,6,10,17H,5H2,1-2H3/t6-,10-,17+/m1/s1. The van der Waals surface area contributed by atoms with E-state index in [0.29, 0.717) is 6.07 Å². The van der Waals surface area contributed by atoms with Gasteiger partial charge in [-0.1, -0.05) is 0 Å². The van der Waals surface area contributed by atoms with Crippen molar-refractivity contribution in [1.82, 2.24) is 0 Å². The van der Waals surface area contributed by atoms with Crippen LogP contribution in [-0.2, 0) is 24.4 Å². The number of halogens is 3. The first-order valence-corrected chi connectivity index (χ1v) is 10.2. The Morgan fingerprint density at radius 1 is 1.10 bits per heavy atom. The molecule has 0 bridgehead atoms. The molecule has 3 aliphatic rings. The zero-order valence-corrected chi connectivity index (χ0v) is 16.6. The molecule has 9 nitrogen and oxygen atoms in total. The molecule has 0 radical (unpaired) electrons. The highest BCUT2D eigenvalue weighted by molar-refractivity contribution is 7.88. The van der Waals surface area contributed by atoms with Crippen molar-refractivity contribution in [2.24, 2.45) is 0 Å². The zero-order valence-electron chi connectivity index (χ0n) is 15.8. The van der Waals surface area contributed by atoms with Crippen LogP contribution in [0.25, 0.3) is 0 Å². The van der Waals surface area contributed by atoms with Crippen LogP contribution in [0.1, 0.15) is 34.1 Å². The maximum absolute atomic E-state index is 13.3. The van der Waals surface area contributed by atoms with E-state index in [9.17, 15) is 36.0 Å². The molecule has 0 amide bonds. The van der Waals surface area contributed by atoms with Crippen molar-refractivity contribution in [3.8, 4) is 11.5 Å². The zero-order chi connectivity index (χ0) is 22.9. The number of carbonyl (C=O) groups is 3. The minimum atomic E-state index is -6.03. The second-order valence-corrected chi connectivity index (χ2v) is 8.49. The van der Waals surface area contributed by atoms with E-state index in [4.69, 9.17) is 14.2 Å². The van der Waals surface area contributed by atoms with Gasteiger partial charge in [-0.2, -0.15) is 21.6 Å². The van der Waals surface area contributed by atoms with E-state index in [1.54, 1.807) is 0 Å². The third-order valence-electron chi connectivity index (χ3n) is 5.07. The van der Waals surface area contributed by atoms with Crippen LogP contribution in [0.2, 0.25) is 0 Å². The van der Waals surface area contributed by atoms with Crippen LogP contribution in [0.5, 0.6) is 11.5 Å². The number of Topliss-reactive ketones (excluding diaryl/α,β-unsaturated/α-hetero) is 2. The van der Waals surface area contributed by atoms with E-state index in [-0.39, 0.29) is 28.9 Å². The SMILES string of the molecule is COc1cc(OS(=O)(=O)C(F)(F)F)cc2c1C(=O)C1=C(C2=O)[C@@H](C)O[C@@H]2CC(=O)O[C@H]12. The van der Waals surface area contributed by atoms with E-state index < -0.39 is 62.8 Å². The van der Waals surface area contributed by atoms with Gasteiger partial charge in [0, 0.05) is 17.2 Å². The van der Waals surface area contributed by atoms with Gasteiger partial charge in [0.25, 0.3) is 0 Å². The smallest absolute Gasteiger partial charge is 0.496 e. The van der Waals surface area contributed by atoms with Gasteiger partial charge in [-0.3, -0.25) is 14.4 Å². The minimum Gasteiger partial charge on any atom is -0.496 e. The first kappa shape index (κ1) is 21.3. The molecule has 2 aliphatic heterocycles. The number of methoxy groups -OCH3 is 1. The Kier molecular flexibility index (Phi) is 4.66. The molecule has 0 saturated carbocycles. The largest absolute Gasteiger partial charge is 0.534 e. The van der Waals surface area contributed by atoms with Gasteiger partial charge >= 0.3 is 21.6 Å². The fourth-order valence-electron chi connectivity index (χ4n) is 3.83. The normalized spacial score (nSPS) is 25.6. The summed E-state index contributed by atoms with van der Waals surface area (Å²) in [5, 5.41) is 0. The number of hydrogen-bond acceptors (Lipinski definition) is 9. The lowest BCUT2D eigenvalue weighted by Gasteiger charge is -2.35. The van der Waals surface area contributed by atoms with Crippen LogP contribution >= 0.6 is 0 Å². The van der Waals surface area contributed by atoms with Crippen molar-refractivity contribution in [3.63, 3.8) is 0 Å². The average molecular weight is 462 g/mol. The number of ether oxygens (including phenoxy) is 3. The highest BCUT2D eigenvalue weighted by atomic mass is 32.2. The molecule has 0 unspecified atom stereocenters. The van der Waals surface area contributed by atoms with E-state index in [2.05, 4.69) is 4.18 Å². The van der Waals surface area contributed by atoms with Crippen LogP contribution in [0, 0.1) is 0 Å². The number of alkyl halides is 3. The van der Waals surface area contributed by atoms with Crippen LogP contribution in [0.15, 0.2) is 23.3 Å². The first-order valence-electron chi connectivity index (χ1n) is 8.77. The lowest BCUT2D eigenvalue weighted by atomic mass is 9.77. The van der Waals surface area contributed by atoms with Gasteiger partial charge in [0.2, 0.25) is 0 Å². The molecular weight excluding hydrogens is 449 g/mol. The number of esters is 1. The Morgan fingerprint density at radius 2 is 1.77 bits per heavy atom. The third-order valence-corrected chi connectivity index (χ3v) is 6.05. The van der Waals surface area contributed by atoms with E-state index in [0.717, 1.165) is 13.2 Å². The van der Waals surface area contributed by atoms with E-state index in [1.165, 1.54) is 6.92 Å². The summed E-state index contributed by atoms with van der Waals surface area (Å²) in [6.07, 6.45) is -2.93. The summed E-state index contributed by atoms with van der Waals surface area (Å²) in [7, 11) is -4.96. The lowest BCUT2D eigenvalue weighted by Crippen LogP contribution is -2.44. The highest BCUT2D eigenvalue weighted by Crippen LogP contribution is 2.44. The Balaban J connectivity index is 1.86. The van der Waals surface area contributed by atoms with Crippen molar-refractivity contribution in [1.29, 1.82) is 0 Å². The predicted molar refractivity (Wildman–Crippen MR) is 93.1 cm³/mol. The molecule has 13 heteroatoms. The second kappa shape index (κ2) is 6.79. The molecule has 0 spiro atoms. The fraction of sp³-hybridized carbons (Fsp3) is 0.389. The fourth-order valence-corrected chi connectivity index (χ4v) is 4.27. The summed E-state index contributed by atoms with van der Waals surface area (Å²) in [6.45, 7) is 1.47. The molecule has 1 fully saturated rings. The molecule has 1 aliphatic carbocycles. The van der Waals surface area contributed by atoms with E-state index in [1.807, 2.05) is 0 Å². The summed E-state index contributed by atoms with van der Waals surface area (Å²) >= 11 is 0. The van der Waals surface area contributed by atoms with Gasteiger partial charge in [-0.15, -0.1) is 0 Å². The van der Waals surface area contributed by atoms with Crippen LogP contribution in [0.4, 0.5) is 13.2 Å². The molecule has 2 heterocycles. The molecule has 31 heavy (non-hydrogen) atoms. The van der Waals surface area contributed by atoms with Crippen LogP contribution in [0.3, 0.4) is 0 Å². The molecule has 0 aromatic heterocycles. The second-order valence-electron chi connectivity index (χ2n) is 6.95. The molecule has 1 saturated heterocycles. The quantitative estimate of drug-likeness (QED) is 0.375. The van der Waals surface area contributed by atoms with Gasteiger partial charge in [-0.25, -0.2) is 0 Å². The summed E-state index contributed by atoms with van der Waals surface area (Å²) in [5.41, 5.74) is -6.67. The van der Waals surface area contributed by atoms with Crippen molar-refractivity contribution in [3.05, 3.63) is 34.4 Å². The molecule has 3 atom stereocenters. The molecule has 166 valence electrons. The van der Waals surface area contributed by atoms with Gasteiger partial charge in [0.15, 0.2) is 17.7 Å². The van der Waals surface area contributed by atoms with Gasteiger partial charge in [0.1, 0.15) is 17.6 Å². The van der Waals surface area contributed by atoms with Crippen LogP contribution in [-0.4, -0.2) is 56.9 Å². The summed E-state index contributed by atoms with van der Waals surface area (Å²) in [5.74, 6) is -3.42. The topological polar surface area (TPSA) is 122 Å². The van der Waals surface area contributed by atoms with Crippen molar-refractivity contribution in [2.75, 3.05) is 7.11 Å². The van der Waals surface area contributed by atoms with Crippen molar-refractivity contribution < 1.29 is 54.4 Å². The molecule has 0 N–H and O–H groups in total. The molecule has 1 aromatic rings. The Morgan fingerprint density at radius 3 is 2.39 bits per heavy atom. The number of hydrogen-bond donors (Lipinski definition) is 0. The van der Waals surface area contributed by atoms with Crippen molar-refractivity contribution in [2.45, 2.75) is 37.2 Å². The number of benzene rings is 1. The monoisotopic (exact) mass is 462 g/mol.